The number of alkyl halides is 3. The number of rotatable bonds is 3. The zero-order valence-corrected chi connectivity index (χ0v) is 12.5. The zero-order valence-electron chi connectivity index (χ0n) is 11.7. The first-order valence-corrected chi connectivity index (χ1v) is 8.00. The predicted molar refractivity (Wildman–Crippen MR) is 70.3 cm³/mol. The lowest BCUT2D eigenvalue weighted by molar-refractivity contribution is -0.210. The summed E-state index contributed by atoms with van der Waals surface area (Å²) >= 11 is 0. The quantitative estimate of drug-likeness (QED) is 0.860. The molecule has 0 saturated carbocycles. The number of nitrogens with one attached hydrogen (secondary N) is 1. The van der Waals surface area contributed by atoms with E-state index in [0.29, 0.717) is 0 Å². The average molecular weight is 341 g/mol. The van der Waals surface area contributed by atoms with Gasteiger partial charge in [-0.05, 0) is 43.5 Å². The van der Waals surface area contributed by atoms with Crippen LogP contribution in [-0.2, 0) is 14.8 Å². The Morgan fingerprint density at radius 3 is 2.32 bits per heavy atom. The summed E-state index contributed by atoms with van der Waals surface area (Å²) in [7, 11) is -4.43. The number of hydrogen-bond acceptors (Lipinski definition) is 3. The normalized spacial score (nSPS) is 19.1. The fraction of sp³-hybridized carbons (Fsp3) is 0.538. The van der Waals surface area contributed by atoms with Crippen LogP contribution in [0.5, 0.6) is 0 Å². The lowest BCUT2D eigenvalue weighted by atomic mass is 9.91. The molecule has 1 aromatic carbocycles. The van der Waals surface area contributed by atoms with E-state index in [1.54, 1.807) is 4.72 Å². The van der Waals surface area contributed by atoms with Crippen molar-refractivity contribution in [3.8, 4) is 0 Å². The molecule has 2 rings (SSSR count). The van der Waals surface area contributed by atoms with Crippen molar-refractivity contribution in [2.24, 2.45) is 0 Å². The molecule has 124 valence electrons. The zero-order chi connectivity index (χ0) is 16.6. The van der Waals surface area contributed by atoms with E-state index in [-0.39, 0.29) is 18.8 Å². The highest BCUT2D eigenvalue weighted by molar-refractivity contribution is 7.89. The second-order valence-corrected chi connectivity index (χ2v) is 6.89. The fourth-order valence-electron chi connectivity index (χ4n) is 2.26. The first-order valence-electron chi connectivity index (χ1n) is 6.52. The third-order valence-corrected chi connectivity index (χ3v) is 5.19. The molecule has 1 saturated heterocycles. The van der Waals surface area contributed by atoms with Gasteiger partial charge in [-0.1, -0.05) is 0 Å². The van der Waals surface area contributed by atoms with Crippen molar-refractivity contribution >= 4 is 10.0 Å². The number of aryl methyl sites for hydroxylation is 1. The van der Waals surface area contributed by atoms with Gasteiger partial charge in [-0.3, -0.25) is 0 Å². The van der Waals surface area contributed by atoms with Crippen LogP contribution in [0, 0.1) is 12.7 Å². The SMILES string of the molecule is Cc1cc(S(=O)(=O)NC2(C(F)(F)F)CCOCC2)ccc1F. The summed E-state index contributed by atoms with van der Waals surface area (Å²) in [6.07, 6.45) is -5.76. The average Bonchev–Trinajstić information content (AvgIpc) is 2.41. The molecule has 1 aliphatic rings. The molecule has 1 N–H and O–H groups in total. The molecule has 0 bridgehead atoms. The van der Waals surface area contributed by atoms with Crippen LogP contribution in [0.15, 0.2) is 23.1 Å². The number of ether oxygens (including phenoxy) is 1. The molecule has 0 unspecified atom stereocenters. The Balaban J connectivity index is 2.38. The maximum atomic E-state index is 13.3. The molecule has 0 spiro atoms. The molecule has 1 heterocycles. The summed E-state index contributed by atoms with van der Waals surface area (Å²) in [5.41, 5.74) is -2.53. The second-order valence-electron chi connectivity index (χ2n) is 5.21. The molecule has 0 radical (unpaired) electrons. The van der Waals surface area contributed by atoms with E-state index < -0.39 is 45.3 Å². The van der Waals surface area contributed by atoms with Crippen molar-refractivity contribution in [1.82, 2.24) is 4.72 Å². The molecule has 9 heteroatoms. The Hall–Kier alpha value is -1.19. The summed E-state index contributed by atoms with van der Waals surface area (Å²) in [6.45, 7) is 0.956. The summed E-state index contributed by atoms with van der Waals surface area (Å²) in [4.78, 5) is -0.401. The minimum Gasteiger partial charge on any atom is -0.381 e. The van der Waals surface area contributed by atoms with Crippen molar-refractivity contribution < 1.29 is 30.7 Å². The van der Waals surface area contributed by atoms with Crippen LogP contribution in [0.4, 0.5) is 17.6 Å². The second kappa shape index (κ2) is 5.78. The maximum absolute atomic E-state index is 13.3. The Bertz CT molecular complexity index is 652. The topological polar surface area (TPSA) is 55.4 Å². The van der Waals surface area contributed by atoms with Crippen LogP contribution in [0.3, 0.4) is 0 Å². The molecule has 4 nitrogen and oxygen atoms in total. The fourth-order valence-corrected chi connectivity index (χ4v) is 3.79. The highest BCUT2D eigenvalue weighted by Crippen LogP contribution is 2.39. The number of halogens is 4. The molecule has 1 fully saturated rings. The minimum absolute atomic E-state index is 0.0379. The van der Waals surface area contributed by atoms with E-state index in [4.69, 9.17) is 4.74 Å². The lowest BCUT2D eigenvalue weighted by Gasteiger charge is -2.38. The van der Waals surface area contributed by atoms with Gasteiger partial charge < -0.3 is 4.74 Å². The summed E-state index contributed by atoms with van der Waals surface area (Å²) in [5.74, 6) is -0.629. The van der Waals surface area contributed by atoms with Gasteiger partial charge >= 0.3 is 6.18 Å². The van der Waals surface area contributed by atoms with Gasteiger partial charge in [0.1, 0.15) is 11.4 Å². The molecule has 0 amide bonds. The highest BCUT2D eigenvalue weighted by Gasteiger charge is 2.57. The molecule has 22 heavy (non-hydrogen) atoms. The highest BCUT2D eigenvalue weighted by atomic mass is 32.2. The summed E-state index contributed by atoms with van der Waals surface area (Å²) in [6, 6.07) is 2.85. The Kier molecular flexibility index (Phi) is 4.51. The van der Waals surface area contributed by atoms with Gasteiger partial charge in [-0.15, -0.1) is 0 Å². The minimum atomic E-state index is -4.75. The van der Waals surface area contributed by atoms with Crippen LogP contribution in [0.25, 0.3) is 0 Å². The van der Waals surface area contributed by atoms with Gasteiger partial charge in [0.15, 0.2) is 0 Å². The van der Waals surface area contributed by atoms with E-state index in [2.05, 4.69) is 0 Å². The Morgan fingerprint density at radius 2 is 1.82 bits per heavy atom. The van der Waals surface area contributed by atoms with Gasteiger partial charge in [-0.2, -0.15) is 17.9 Å². The van der Waals surface area contributed by atoms with Gasteiger partial charge in [-0.25, -0.2) is 12.8 Å². The van der Waals surface area contributed by atoms with Crippen molar-refractivity contribution in [3.05, 3.63) is 29.6 Å². The van der Waals surface area contributed by atoms with Gasteiger partial charge in [0, 0.05) is 13.2 Å². The molecule has 1 aromatic rings. The first-order chi connectivity index (χ1) is 10.1. The van der Waals surface area contributed by atoms with Crippen molar-refractivity contribution in [2.75, 3.05) is 13.2 Å². The molecule has 0 aliphatic carbocycles. The molecular formula is C13H15F4NO3S. The van der Waals surface area contributed by atoms with Crippen molar-refractivity contribution in [1.29, 1.82) is 0 Å². The number of benzene rings is 1. The van der Waals surface area contributed by atoms with Crippen molar-refractivity contribution in [3.63, 3.8) is 0 Å². The summed E-state index contributed by atoms with van der Waals surface area (Å²) < 4.78 is 84.4. The van der Waals surface area contributed by atoms with Crippen LogP contribution < -0.4 is 4.72 Å². The molecular weight excluding hydrogens is 326 g/mol. The van der Waals surface area contributed by atoms with E-state index >= 15 is 0 Å². The largest absolute Gasteiger partial charge is 0.407 e. The Labute approximate surface area is 125 Å². The monoisotopic (exact) mass is 341 g/mol. The Morgan fingerprint density at radius 1 is 1.23 bits per heavy atom. The van der Waals surface area contributed by atoms with Crippen LogP contribution >= 0.6 is 0 Å². The third-order valence-electron chi connectivity index (χ3n) is 3.66. The standard InChI is InChI=1S/C13H15F4NO3S/c1-9-8-10(2-3-11(9)14)22(19,20)18-12(13(15,16)17)4-6-21-7-5-12/h2-3,8,18H,4-7H2,1H3. The lowest BCUT2D eigenvalue weighted by Crippen LogP contribution is -2.61. The predicted octanol–water partition coefficient (Wildman–Crippen LogP) is 2.52. The van der Waals surface area contributed by atoms with E-state index in [1.807, 2.05) is 0 Å². The molecule has 1 aliphatic heterocycles. The van der Waals surface area contributed by atoms with Crippen LogP contribution in [0.1, 0.15) is 18.4 Å². The van der Waals surface area contributed by atoms with Crippen LogP contribution in [-0.4, -0.2) is 33.3 Å². The van der Waals surface area contributed by atoms with E-state index in [1.165, 1.54) is 6.92 Å². The van der Waals surface area contributed by atoms with Crippen molar-refractivity contribution in [2.45, 2.75) is 36.4 Å². The van der Waals surface area contributed by atoms with Gasteiger partial charge in [0.25, 0.3) is 0 Å². The smallest absolute Gasteiger partial charge is 0.381 e. The summed E-state index contributed by atoms with van der Waals surface area (Å²) in [5, 5.41) is 0. The van der Waals surface area contributed by atoms with E-state index in [0.717, 1.165) is 18.2 Å². The van der Waals surface area contributed by atoms with Gasteiger partial charge in [0.2, 0.25) is 10.0 Å². The van der Waals surface area contributed by atoms with Crippen LogP contribution in [0.2, 0.25) is 0 Å². The molecule has 0 aromatic heterocycles. The third kappa shape index (κ3) is 3.26. The van der Waals surface area contributed by atoms with Gasteiger partial charge in [0.05, 0.1) is 4.90 Å². The number of sulfonamides is 1. The number of hydrogen-bond donors (Lipinski definition) is 1. The van der Waals surface area contributed by atoms with E-state index in [9.17, 15) is 26.0 Å². The molecule has 0 atom stereocenters. The maximum Gasteiger partial charge on any atom is 0.407 e. The first kappa shape index (κ1) is 17.2.